The van der Waals surface area contributed by atoms with Crippen molar-refractivity contribution in [1.29, 1.82) is 0 Å². The predicted molar refractivity (Wildman–Crippen MR) is 70.1 cm³/mol. The zero-order valence-corrected chi connectivity index (χ0v) is 10.2. The number of dihydropyridines is 1. The van der Waals surface area contributed by atoms with E-state index in [4.69, 9.17) is 4.99 Å². The summed E-state index contributed by atoms with van der Waals surface area (Å²) in [5, 5.41) is 10.1. The van der Waals surface area contributed by atoms with Crippen molar-refractivity contribution in [1.82, 2.24) is 0 Å². The molecule has 3 rings (SSSR count). The van der Waals surface area contributed by atoms with Crippen LogP contribution in [0.15, 0.2) is 52.6 Å². The Morgan fingerprint density at radius 3 is 3.06 bits per heavy atom. The molecule has 0 radical (unpaired) electrons. The van der Waals surface area contributed by atoms with Gasteiger partial charge in [0.2, 0.25) is 0 Å². The van der Waals surface area contributed by atoms with Gasteiger partial charge in [0.25, 0.3) is 0 Å². The Hall–Kier alpha value is -1.41. The molecular weight excluding hydrogens is 210 g/mol. The van der Waals surface area contributed by atoms with Gasteiger partial charge in [-0.3, -0.25) is 4.99 Å². The molecular formula is C15H17NO. The summed E-state index contributed by atoms with van der Waals surface area (Å²) in [6.07, 6.45) is 12.8. The summed E-state index contributed by atoms with van der Waals surface area (Å²) in [6, 6.07) is 0. The molecule has 0 aromatic rings. The summed E-state index contributed by atoms with van der Waals surface area (Å²) < 4.78 is 0. The van der Waals surface area contributed by atoms with Crippen LogP contribution in [-0.4, -0.2) is 22.5 Å². The summed E-state index contributed by atoms with van der Waals surface area (Å²) in [5.74, 6) is 0.578. The van der Waals surface area contributed by atoms with Crippen molar-refractivity contribution in [3.05, 3.63) is 47.6 Å². The van der Waals surface area contributed by atoms with E-state index >= 15 is 0 Å². The molecule has 0 saturated heterocycles. The van der Waals surface area contributed by atoms with Crippen molar-refractivity contribution < 1.29 is 5.11 Å². The van der Waals surface area contributed by atoms with Gasteiger partial charge in [0, 0.05) is 0 Å². The third-order valence-electron chi connectivity index (χ3n) is 3.87. The SMILES string of the molecule is CC1C=CC2=NC3(C)C(=CC=CC3O)C=C2C1. The molecule has 88 valence electrons. The molecule has 1 N–H and O–H groups in total. The lowest BCUT2D eigenvalue weighted by molar-refractivity contribution is 0.158. The zero-order chi connectivity index (χ0) is 12.0. The Balaban J connectivity index is 2.11. The highest BCUT2D eigenvalue weighted by Gasteiger charge is 2.39. The number of rotatable bonds is 0. The second kappa shape index (κ2) is 3.54. The van der Waals surface area contributed by atoms with Crippen molar-refractivity contribution in [2.45, 2.75) is 31.9 Å². The van der Waals surface area contributed by atoms with Crippen LogP contribution in [0.4, 0.5) is 0 Å². The van der Waals surface area contributed by atoms with Crippen LogP contribution in [-0.2, 0) is 0 Å². The number of nitrogens with zero attached hydrogens (tertiary/aromatic N) is 1. The Kier molecular flexibility index (Phi) is 2.23. The van der Waals surface area contributed by atoms with E-state index in [0.29, 0.717) is 5.92 Å². The average Bonchev–Trinajstić information content (AvgIpc) is 2.29. The summed E-state index contributed by atoms with van der Waals surface area (Å²) in [6.45, 7) is 4.21. The first-order valence-electron chi connectivity index (χ1n) is 6.15. The minimum atomic E-state index is -0.527. The van der Waals surface area contributed by atoms with Gasteiger partial charge in [-0.2, -0.15) is 0 Å². The normalized spacial score (nSPS) is 38.9. The van der Waals surface area contributed by atoms with Crippen LogP contribution in [0.2, 0.25) is 0 Å². The van der Waals surface area contributed by atoms with Gasteiger partial charge in [-0.05, 0) is 36.5 Å². The van der Waals surface area contributed by atoms with Crippen molar-refractivity contribution in [3.8, 4) is 0 Å². The number of aliphatic imine (C=N–C) groups is 1. The van der Waals surface area contributed by atoms with Gasteiger partial charge in [-0.15, -0.1) is 0 Å². The minimum Gasteiger partial charge on any atom is -0.386 e. The molecule has 0 aromatic carbocycles. The van der Waals surface area contributed by atoms with Crippen molar-refractivity contribution in [3.63, 3.8) is 0 Å². The lowest BCUT2D eigenvalue weighted by atomic mass is 9.77. The van der Waals surface area contributed by atoms with Crippen LogP contribution in [0.3, 0.4) is 0 Å². The molecule has 2 nitrogen and oxygen atoms in total. The van der Waals surface area contributed by atoms with Gasteiger partial charge in [0.15, 0.2) is 0 Å². The maximum absolute atomic E-state index is 10.1. The van der Waals surface area contributed by atoms with Crippen LogP contribution < -0.4 is 0 Å². The molecule has 0 aromatic heterocycles. The molecule has 1 aliphatic heterocycles. The van der Waals surface area contributed by atoms with Crippen LogP contribution in [0.1, 0.15) is 20.3 Å². The van der Waals surface area contributed by atoms with Gasteiger partial charge in [-0.25, -0.2) is 0 Å². The Morgan fingerprint density at radius 2 is 2.24 bits per heavy atom. The summed E-state index contributed by atoms with van der Waals surface area (Å²) in [5.41, 5.74) is 2.95. The van der Waals surface area contributed by atoms with E-state index < -0.39 is 11.6 Å². The first-order valence-corrected chi connectivity index (χ1v) is 6.15. The number of aliphatic hydroxyl groups excluding tert-OH is 1. The molecule has 3 atom stereocenters. The van der Waals surface area contributed by atoms with E-state index in [2.05, 4.69) is 31.2 Å². The molecule has 17 heavy (non-hydrogen) atoms. The molecule has 0 bridgehead atoms. The summed E-state index contributed by atoms with van der Waals surface area (Å²) in [4.78, 5) is 4.77. The molecule has 3 unspecified atom stereocenters. The van der Waals surface area contributed by atoms with Crippen LogP contribution >= 0.6 is 0 Å². The minimum absolute atomic E-state index is 0.501. The highest BCUT2D eigenvalue weighted by molar-refractivity contribution is 6.10. The highest BCUT2D eigenvalue weighted by atomic mass is 16.3. The maximum Gasteiger partial charge on any atom is 0.113 e. The Morgan fingerprint density at radius 1 is 1.41 bits per heavy atom. The number of allylic oxidation sites excluding steroid dienone is 5. The lowest BCUT2D eigenvalue weighted by Gasteiger charge is -2.37. The van der Waals surface area contributed by atoms with Crippen LogP contribution in [0, 0.1) is 5.92 Å². The molecule has 0 spiro atoms. The smallest absolute Gasteiger partial charge is 0.113 e. The van der Waals surface area contributed by atoms with Gasteiger partial charge in [-0.1, -0.05) is 37.3 Å². The van der Waals surface area contributed by atoms with Gasteiger partial charge >= 0.3 is 0 Å². The molecule has 2 aliphatic carbocycles. The second-order valence-corrected chi connectivity index (χ2v) is 5.31. The lowest BCUT2D eigenvalue weighted by Crippen LogP contribution is -2.42. The summed E-state index contributed by atoms with van der Waals surface area (Å²) in [7, 11) is 0. The fourth-order valence-electron chi connectivity index (χ4n) is 2.68. The average molecular weight is 227 g/mol. The van der Waals surface area contributed by atoms with Crippen molar-refractivity contribution in [2.24, 2.45) is 10.9 Å². The number of hydrogen-bond donors (Lipinski definition) is 1. The van der Waals surface area contributed by atoms with E-state index in [9.17, 15) is 5.11 Å². The topological polar surface area (TPSA) is 32.6 Å². The Bertz CT molecular complexity index is 507. The largest absolute Gasteiger partial charge is 0.386 e. The van der Waals surface area contributed by atoms with Gasteiger partial charge in [0.1, 0.15) is 11.6 Å². The van der Waals surface area contributed by atoms with Gasteiger partial charge < -0.3 is 5.11 Å². The summed E-state index contributed by atoms with van der Waals surface area (Å²) >= 11 is 0. The molecule has 0 saturated carbocycles. The highest BCUT2D eigenvalue weighted by Crippen LogP contribution is 2.38. The number of hydrogen-bond acceptors (Lipinski definition) is 2. The zero-order valence-electron chi connectivity index (χ0n) is 10.2. The number of fused-ring (bicyclic) bond motifs is 2. The van der Waals surface area contributed by atoms with E-state index in [0.717, 1.165) is 17.7 Å². The van der Waals surface area contributed by atoms with E-state index in [-0.39, 0.29) is 0 Å². The first-order chi connectivity index (χ1) is 8.09. The van der Waals surface area contributed by atoms with E-state index in [1.54, 1.807) is 0 Å². The Labute approximate surface area is 102 Å². The van der Waals surface area contributed by atoms with E-state index in [1.165, 1.54) is 5.57 Å². The maximum atomic E-state index is 10.1. The molecule has 1 heterocycles. The van der Waals surface area contributed by atoms with Crippen LogP contribution in [0.5, 0.6) is 0 Å². The second-order valence-electron chi connectivity index (χ2n) is 5.31. The molecule has 2 heteroatoms. The third-order valence-corrected chi connectivity index (χ3v) is 3.87. The molecule has 0 fully saturated rings. The number of aliphatic hydroxyl groups is 1. The van der Waals surface area contributed by atoms with Crippen molar-refractivity contribution in [2.75, 3.05) is 0 Å². The van der Waals surface area contributed by atoms with Crippen LogP contribution in [0.25, 0.3) is 0 Å². The standard InChI is InChI=1S/C15H17NO/c1-10-6-7-13-11(8-10)9-12-4-3-5-14(17)15(12,2)16-13/h3-7,9-10,14,17H,8H2,1-2H3. The predicted octanol–water partition coefficient (Wildman–Crippen LogP) is 2.58. The van der Waals surface area contributed by atoms with Crippen molar-refractivity contribution >= 4 is 5.71 Å². The molecule has 0 amide bonds. The third kappa shape index (κ3) is 1.55. The first kappa shape index (κ1) is 10.7. The van der Waals surface area contributed by atoms with Gasteiger partial charge in [0.05, 0.1) is 5.71 Å². The van der Waals surface area contributed by atoms with E-state index in [1.807, 2.05) is 19.1 Å². The fraction of sp³-hybridized carbons (Fsp3) is 0.400. The quantitative estimate of drug-likeness (QED) is 0.678. The monoisotopic (exact) mass is 227 g/mol. The molecule has 3 aliphatic rings. The fourth-order valence-corrected chi connectivity index (χ4v) is 2.68.